The number of carbonyl (C=O) groups is 1. The minimum atomic E-state index is -0.510. The molecule has 5 rings (SSSR count). The topological polar surface area (TPSA) is 106 Å². The minimum absolute atomic E-state index is 0.0815. The lowest BCUT2D eigenvalue weighted by Crippen LogP contribution is -2.39. The summed E-state index contributed by atoms with van der Waals surface area (Å²) in [6.45, 7) is 8.74. The fourth-order valence-electron chi connectivity index (χ4n) is 4.49. The molecule has 1 saturated heterocycles. The molecule has 4 heterocycles. The second-order valence-corrected chi connectivity index (χ2v) is 8.65. The predicted octanol–water partition coefficient (Wildman–Crippen LogP) is -0.0507. The van der Waals surface area contributed by atoms with Crippen LogP contribution >= 0.6 is 0 Å². The van der Waals surface area contributed by atoms with Gasteiger partial charge >= 0.3 is 0 Å². The van der Waals surface area contributed by atoms with Crippen LogP contribution in [0.4, 0.5) is 11.6 Å². The van der Waals surface area contributed by atoms with Gasteiger partial charge in [0.05, 0.1) is 37.4 Å². The highest BCUT2D eigenvalue weighted by Crippen LogP contribution is 2.38. The van der Waals surface area contributed by atoms with Crippen LogP contribution in [0.1, 0.15) is 24.1 Å². The molecule has 1 aromatic carbocycles. The molecule has 1 fully saturated rings. The molecule has 1 amide bonds. The lowest BCUT2D eigenvalue weighted by atomic mass is 9.88. The third-order valence-electron chi connectivity index (χ3n) is 6.25. The van der Waals surface area contributed by atoms with Gasteiger partial charge < -0.3 is 20.1 Å². The van der Waals surface area contributed by atoms with Gasteiger partial charge in [0.2, 0.25) is 11.9 Å². The van der Waals surface area contributed by atoms with E-state index in [4.69, 9.17) is 14.5 Å². The number of hydrogen-bond acceptors (Lipinski definition) is 8. The number of carbonyl (C=O) groups excluding carboxylic acids is 1. The van der Waals surface area contributed by atoms with Crippen molar-refractivity contribution < 1.29 is 14.3 Å². The zero-order valence-corrected chi connectivity index (χ0v) is 19.7. The average Bonchev–Trinajstić information content (AvgIpc) is 3.39. The van der Waals surface area contributed by atoms with E-state index in [9.17, 15) is 4.79 Å². The third kappa shape index (κ3) is 4.77. The van der Waals surface area contributed by atoms with Gasteiger partial charge in [-0.15, -0.1) is 0 Å². The quantitative estimate of drug-likeness (QED) is 0.336. The number of ether oxygens (including phenoxy) is 2. The van der Waals surface area contributed by atoms with E-state index in [2.05, 4.69) is 31.7 Å². The summed E-state index contributed by atoms with van der Waals surface area (Å²) in [6.07, 6.45) is 1.92. The van der Waals surface area contributed by atoms with Gasteiger partial charge in [0.1, 0.15) is 13.8 Å². The molecule has 3 aromatic rings. The molecule has 0 bridgehead atoms. The molecule has 11 heteroatoms. The molecule has 34 heavy (non-hydrogen) atoms. The lowest BCUT2D eigenvalue weighted by Gasteiger charge is -2.26. The molecule has 2 aromatic heterocycles. The maximum Gasteiger partial charge on any atom is 0.238 e. The van der Waals surface area contributed by atoms with Crippen molar-refractivity contribution in [3.8, 4) is 0 Å². The van der Waals surface area contributed by atoms with Crippen molar-refractivity contribution in [2.45, 2.75) is 19.4 Å². The summed E-state index contributed by atoms with van der Waals surface area (Å²) in [6, 6.07) is 6.01. The van der Waals surface area contributed by atoms with Gasteiger partial charge in [0.15, 0.2) is 5.65 Å². The molecule has 178 valence electrons. The van der Waals surface area contributed by atoms with Gasteiger partial charge in [-0.25, -0.2) is 4.98 Å². The van der Waals surface area contributed by atoms with Crippen LogP contribution in [0.3, 0.4) is 0 Å². The smallest absolute Gasteiger partial charge is 0.238 e. The van der Waals surface area contributed by atoms with Gasteiger partial charge in [0, 0.05) is 44.7 Å². The molecule has 2 aliphatic rings. The highest BCUT2D eigenvalue weighted by atomic mass is 16.5. The zero-order valence-electron chi connectivity index (χ0n) is 19.7. The standard InChI is InChI=1S/C23H30BN7O3/c1-2-33-12-9-31-14-17-20(19-16-13-15(24)3-4-18(16)26-22(19)32)27-23(28-21(17)29-31)25-5-6-30-7-10-34-11-8-30/h3-4,13-14,19H,2,5-12,24H2,1H3,(H,26,32)(H,25,28,29). The number of nitrogens with one attached hydrogen (secondary N) is 2. The Kier molecular flexibility index (Phi) is 6.75. The van der Waals surface area contributed by atoms with E-state index in [-0.39, 0.29) is 5.91 Å². The molecule has 0 aliphatic carbocycles. The summed E-state index contributed by atoms with van der Waals surface area (Å²) < 4.78 is 12.7. The molecular weight excluding hydrogens is 433 g/mol. The molecule has 0 radical (unpaired) electrons. The monoisotopic (exact) mass is 463 g/mol. The number of hydrogen-bond donors (Lipinski definition) is 2. The summed E-state index contributed by atoms with van der Waals surface area (Å²) in [7, 11) is 2.03. The number of rotatable bonds is 9. The third-order valence-corrected chi connectivity index (χ3v) is 6.25. The Bertz CT molecular complexity index is 1180. The van der Waals surface area contributed by atoms with Gasteiger partial charge in [0.25, 0.3) is 0 Å². The molecule has 1 atom stereocenters. The summed E-state index contributed by atoms with van der Waals surface area (Å²) >= 11 is 0. The Balaban J connectivity index is 1.47. The molecule has 0 spiro atoms. The van der Waals surface area contributed by atoms with Gasteiger partial charge in [-0.05, 0) is 18.6 Å². The number of anilines is 2. The fourth-order valence-corrected chi connectivity index (χ4v) is 4.49. The van der Waals surface area contributed by atoms with Gasteiger partial charge in [-0.3, -0.25) is 14.4 Å². The maximum absolute atomic E-state index is 13.1. The molecule has 0 saturated carbocycles. The van der Waals surface area contributed by atoms with Gasteiger partial charge in [-0.1, -0.05) is 17.6 Å². The lowest BCUT2D eigenvalue weighted by molar-refractivity contribution is -0.116. The van der Waals surface area contributed by atoms with Crippen molar-refractivity contribution in [2.24, 2.45) is 0 Å². The van der Waals surface area contributed by atoms with Crippen molar-refractivity contribution in [1.29, 1.82) is 0 Å². The van der Waals surface area contributed by atoms with E-state index in [0.29, 0.717) is 43.6 Å². The Morgan fingerprint density at radius 3 is 2.94 bits per heavy atom. The Morgan fingerprint density at radius 1 is 1.26 bits per heavy atom. The highest BCUT2D eigenvalue weighted by Gasteiger charge is 2.35. The van der Waals surface area contributed by atoms with Gasteiger partial charge in [-0.2, -0.15) is 10.1 Å². The normalized spacial score (nSPS) is 18.3. The Hall–Kier alpha value is -3.02. The fraction of sp³-hybridized carbons (Fsp3) is 0.478. The van der Waals surface area contributed by atoms with Crippen molar-refractivity contribution in [2.75, 3.05) is 63.2 Å². The first kappa shape index (κ1) is 22.8. The van der Waals surface area contributed by atoms with Crippen LogP contribution in [0.2, 0.25) is 0 Å². The average molecular weight is 463 g/mol. The number of benzene rings is 1. The Labute approximate surface area is 199 Å². The van der Waals surface area contributed by atoms with E-state index >= 15 is 0 Å². The van der Waals surface area contributed by atoms with Crippen LogP contribution in [0.15, 0.2) is 24.4 Å². The summed E-state index contributed by atoms with van der Waals surface area (Å²) in [4.78, 5) is 24.9. The summed E-state index contributed by atoms with van der Waals surface area (Å²) in [5.41, 5.74) is 4.11. The number of amides is 1. The van der Waals surface area contributed by atoms with Crippen LogP contribution in [-0.4, -0.2) is 91.0 Å². The zero-order chi connectivity index (χ0) is 23.5. The minimum Gasteiger partial charge on any atom is -0.380 e. The number of nitrogens with zero attached hydrogens (tertiary/aromatic N) is 5. The molecule has 10 nitrogen and oxygen atoms in total. The number of aromatic nitrogens is 4. The molecule has 2 aliphatic heterocycles. The van der Waals surface area contributed by atoms with Crippen LogP contribution in [0.25, 0.3) is 11.0 Å². The van der Waals surface area contributed by atoms with Crippen molar-refractivity contribution in [3.05, 3.63) is 35.7 Å². The second kappa shape index (κ2) is 10.1. The summed E-state index contributed by atoms with van der Waals surface area (Å²) in [5, 5.41) is 11.8. The van der Waals surface area contributed by atoms with Crippen LogP contribution < -0.4 is 16.1 Å². The van der Waals surface area contributed by atoms with E-state index in [1.807, 2.05) is 37.8 Å². The Morgan fingerprint density at radius 2 is 2.12 bits per heavy atom. The molecular formula is C23H30BN7O3. The molecule has 1 unspecified atom stereocenters. The van der Waals surface area contributed by atoms with Crippen LogP contribution in [0.5, 0.6) is 0 Å². The first-order valence-electron chi connectivity index (χ1n) is 11.9. The predicted molar refractivity (Wildman–Crippen MR) is 133 cm³/mol. The van der Waals surface area contributed by atoms with Crippen molar-refractivity contribution >= 4 is 41.9 Å². The van der Waals surface area contributed by atoms with Crippen LogP contribution in [0, 0.1) is 0 Å². The summed E-state index contributed by atoms with van der Waals surface area (Å²) in [5.74, 6) is -0.105. The largest absolute Gasteiger partial charge is 0.380 e. The van der Waals surface area contributed by atoms with E-state index in [1.54, 1.807) is 0 Å². The van der Waals surface area contributed by atoms with Crippen LogP contribution in [-0.2, 0) is 20.8 Å². The van der Waals surface area contributed by atoms with E-state index in [1.165, 1.54) is 0 Å². The maximum atomic E-state index is 13.1. The number of fused-ring (bicyclic) bond motifs is 2. The number of morpholine rings is 1. The highest BCUT2D eigenvalue weighted by molar-refractivity contribution is 6.32. The van der Waals surface area contributed by atoms with E-state index in [0.717, 1.165) is 54.9 Å². The SMILES string of the molecule is Bc1ccc2c(c1)C(c1nc(NCCN3CCOCC3)nc3nn(CCOCC)cc13)C(=O)N2. The first-order chi connectivity index (χ1) is 16.6. The second-order valence-electron chi connectivity index (χ2n) is 8.65. The van der Waals surface area contributed by atoms with E-state index < -0.39 is 5.92 Å². The van der Waals surface area contributed by atoms with Crippen molar-refractivity contribution in [3.63, 3.8) is 0 Å². The molecule has 2 N–H and O–H groups in total. The van der Waals surface area contributed by atoms with Crippen molar-refractivity contribution in [1.82, 2.24) is 24.6 Å². The first-order valence-corrected chi connectivity index (χ1v) is 11.9.